The lowest BCUT2D eigenvalue weighted by atomic mass is 10.1. The Kier molecular flexibility index (Phi) is 8.09. The van der Waals surface area contributed by atoms with Gasteiger partial charge in [-0.25, -0.2) is 4.79 Å². The third-order valence-electron chi connectivity index (χ3n) is 5.75. The number of hydrogen-bond acceptors (Lipinski definition) is 7. The zero-order valence-electron chi connectivity index (χ0n) is 20.4. The normalized spacial score (nSPS) is 15.0. The van der Waals surface area contributed by atoms with Crippen molar-refractivity contribution in [2.75, 3.05) is 23.9 Å². The molecule has 1 N–H and O–H groups in total. The number of nitrogens with zero attached hydrogens (tertiary/aromatic N) is 3. The molecule has 2 heterocycles. The van der Waals surface area contributed by atoms with Gasteiger partial charge in [0.05, 0.1) is 43.6 Å². The van der Waals surface area contributed by atoms with Gasteiger partial charge < -0.3 is 19.7 Å². The van der Waals surface area contributed by atoms with Gasteiger partial charge in [-0.05, 0) is 67.7 Å². The molecule has 0 saturated carbocycles. The van der Waals surface area contributed by atoms with E-state index in [0.717, 1.165) is 0 Å². The minimum atomic E-state index is -0.834. The van der Waals surface area contributed by atoms with Crippen molar-refractivity contribution < 1.29 is 23.9 Å². The first-order valence-electron chi connectivity index (χ1n) is 11.7. The summed E-state index contributed by atoms with van der Waals surface area (Å²) in [5.41, 5.74) is 2.14. The van der Waals surface area contributed by atoms with Crippen LogP contribution in [0.1, 0.15) is 29.4 Å². The first kappa shape index (κ1) is 25.8. The fourth-order valence-electron chi connectivity index (χ4n) is 3.96. The number of nitrogens with one attached hydrogen (secondary N) is 1. The molecule has 0 spiro atoms. The highest BCUT2D eigenvalue weighted by Crippen LogP contribution is 2.30. The molecule has 9 nitrogen and oxygen atoms in total. The standard InChI is InChI=1S/C27H26N4O5S/c1-3-36-26(34)18-10-12-19(13-11-18)29-24(32)16-23-25(33)31(21-8-6-9-22(15-21)35-2)27(37)30(23)17-20-7-4-5-14-28-20/h4-15,23H,3,16-17H2,1-2H3,(H,29,32)/t23-/m1/s1. The third-order valence-corrected chi connectivity index (χ3v) is 6.16. The van der Waals surface area contributed by atoms with Crippen molar-refractivity contribution in [3.63, 3.8) is 0 Å². The Morgan fingerprint density at radius 3 is 2.54 bits per heavy atom. The first-order chi connectivity index (χ1) is 17.9. The lowest BCUT2D eigenvalue weighted by Gasteiger charge is -2.23. The fraction of sp³-hybridized carbons (Fsp3) is 0.222. The number of aromatic nitrogens is 1. The Bertz CT molecular complexity index is 1300. The molecule has 2 aromatic carbocycles. The number of thiocarbonyl (C=S) groups is 1. The van der Waals surface area contributed by atoms with E-state index in [2.05, 4.69) is 10.3 Å². The molecule has 2 amide bonds. The van der Waals surface area contributed by atoms with Gasteiger partial charge in [0.15, 0.2) is 5.11 Å². The summed E-state index contributed by atoms with van der Waals surface area (Å²) < 4.78 is 10.3. The van der Waals surface area contributed by atoms with Crippen molar-refractivity contribution in [1.82, 2.24) is 9.88 Å². The molecule has 1 atom stereocenters. The van der Waals surface area contributed by atoms with Crippen molar-refractivity contribution in [2.24, 2.45) is 0 Å². The minimum absolute atomic E-state index is 0.133. The average Bonchev–Trinajstić information content (AvgIpc) is 3.13. The molecule has 1 saturated heterocycles. The van der Waals surface area contributed by atoms with E-state index in [-0.39, 0.29) is 36.5 Å². The van der Waals surface area contributed by atoms with Crippen LogP contribution in [-0.4, -0.2) is 52.5 Å². The topological polar surface area (TPSA) is 101 Å². The molecule has 190 valence electrons. The van der Waals surface area contributed by atoms with Crippen molar-refractivity contribution in [1.29, 1.82) is 0 Å². The summed E-state index contributed by atoms with van der Waals surface area (Å²) in [5, 5.41) is 3.07. The van der Waals surface area contributed by atoms with Crippen LogP contribution in [0.15, 0.2) is 72.9 Å². The second kappa shape index (κ2) is 11.6. The van der Waals surface area contributed by atoms with E-state index in [4.69, 9.17) is 21.7 Å². The van der Waals surface area contributed by atoms with E-state index in [1.54, 1.807) is 79.7 Å². The van der Waals surface area contributed by atoms with Crippen molar-refractivity contribution in [3.8, 4) is 5.75 Å². The maximum absolute atomic E-state index is 13.6. The molecule has 1 aliphatic heterocycles. The SMILES string of the molecule is CCOC(=O)c1ccc(NC(=O)C[C@@H]2C(=O)N(c3cccc(OC)c3)C(=S)N2Cc2ccccn2)cc1. The molecule has 0 aliphatic carbocycles. The van der Waals surface area contributed by atoms with Gasteiger partial charge in [-0.2, -0.15) is 0 Å². The van der Waals surface area contributed by atoms with E-state index in [1.165, 1.54) is 4.90 Å². The monoisotopic (exact) mass is 518 g/mol. The molecule has 10 heteroatoms. The number of hydrogen-bond donors (Lipinski definition) is 1. The summed E-state index contributed by atoms with van der Waals surface area (Å²) in [7, 11) is 1.54. The predicted molar refractivity (Wildman–Crippen MR) is 142 cm³/mol. The Hall–Kier alpha value is -4.31. The summed E-state index contributed by atoms with van der Waals surface area (Å²) >= 11 is 5.71. The van der Waals surface area contributed by atoms with Gasteiger partial charge in [0, 0.05) is 18.0 Å². The van der Waals surface area contributed by atoms with Crippen molar-refractivity contribution in [3.05, 3.63) is 84.2 Å². The van der Waals surface area contributed by atoms with Gasteiger partial charge in [-0.3, -0.25) is 19.5 Å². The maximum Gasteiger partial charge on any atom is 0.338 e. The number of carbonyl (C=O) groups excluding carboxylic acids is 3. The Morgan fingerprint density at radius 2 is 1.86 bits per heavy atom. The predicted octanol–water partition coefficient (Wildman–Crippen LogP) is 3.80. The molecule has 1 fully saturated rings. The van der Waals surface area contributed by atoms with Gasteiger partial charge in [-0.1, -0.05) is 12.1 Å². The highest BCUT2D eigenvalue weighted by atomic mass is 32.1. The van der Waals surface area contributed by atoms with Crippen LogP contribution in [0.2, 0.25) is 0 Å². The molecule has 37 heavy (non-hydrogen) atoms. The number of rotatable bonds is 9. The zero-order chi connectivity index (χ0) is 26.4. The average molecular weight is 519 g/mol. The summed E-state index contributed by atoms with van der Waals surface area (Å²) in [6.45, 7) is 2.27. The van der Waals surface area contributed by atoms with Crippen LogP contribution in [-0.2, 0) is 20.9 Å². The van der Waals surface area contributed by atoms with E-state index < -0.39 is 12.0 Å². The minimum Gasteiger partial charge on any atom is -0.497 e. The largest absolute Gasteiger partial charge is 0.497 e. The molecule has 0 unspecified atom stereocenters. The van der Waals surface area contributed by atoms with E-state index in [0.29, 0.717) is 28.4 Å². The second-order valence-corrected chi connectivity index (χ2v) is 8.54. The number of pyridine rings is 1. The number of carbonyl (C=O) groups is 3. The van der Waals surface area contributed by atoms with Crippen LogP contribution in [0.5, 0.6) is 5.75 Å². The van der Waals surface area contributed by atoms with Crippen LogP contribution in [0.3, 0.4) is 0 Å². The molecule has 0 radical (unpaired) electrons. The number of methoxy groups -OCH3 is 1. The van der Waals surface area contributed by atoms with Crippen molar-refractivity contribution >= 4 is 46.5 Å². The van der Waals surface area contributed by atoms with Gasteiger partial charge in [-0.15, -0.1) is 0 Å². The number of esters is 1. The molecular weight excluding hydrogens is 492 g/mol. The summed E-state index contributed by atoms with van der Waals surface area (Å²) in [4.78, 5) is 46.0. The molecular formula is C27H26N4O5S. The molecule has 1 aliphatic rings. The Morgan fingerprint density at radius 1 is 1.08 bits per heavy atom. The quantitative estimate of drug-likeness (QED) is 0.337. The molecule has 0 bridgehead atoms. The highest BCUT2D eigenvalue weighted by molar-refractivity contribution is 7.80. The smallest absolute Gasteiger partial charge is 0.338 e. The fourth-order valence-corrected chi connectivity index (χ4v) is 4.35. The lowest BCUT2D eigenvalue weighted by molar-refractivity contribution is -0.124. The summed E-state index contributed by atoms with van der Waals surface area (Å²) in [6, 6.07) is 18.0. The maximum atomic E-state index is 13.6. The highest BCUT2D eigenvalue weighted by Gasteiger charge is 2.44. The number of ether oxygens (including phenoxy) is 2. The van der Waals surface area contributed by atoms with Crippen LogP contribution in [0.4, 0.5) is 11.4 Å². The lowest BCUT2D eigenvalue weighted by Crippen LogP contribution is -2.37. The van der Waals surface area contributed by atoms with Gasteiger partial charge in [0.1, 0.15) is 11.8 Å². The number of amides is 2. The van der Waals surface area contributed by atoms with E-state index in [9.17, 15) is 14.4 Å². The Labute approximate surface area is 220 Å². The van der Waals surface area contributed by atoms with Gasteiger partial charge in [0.2, 0.25) is 5.91 Å². The number of anilines is 2. The van der Waals surface area contributed by atoms with Crippen molar-refractivity contribution in [2.45, 2.75) is 25.9 Å². The van der Waals surface area contributed by atoms with E-state index >= 15 is 0 Å². The van der Waals surface area contributed by atoms with Crippen LogP contribution in [0, 0.1) is 0 Å². The Balaban J connectivity index is 1.54. The summed E-state index contributed by atoms with van der Waals surface area (Å²) in [5.74, 6) is -0.546. The van der Waals surface area contributed by atoms with Crippen LogP contribution >= 0.6 is 12.2 Å². The number of benzene rings is 2. The van der Waals surface area contributed by atoms with Gasteiger partial charge in [0.25, 0.3) is 5.91 Å². The molecule has 1 aromatic heterocycles. The second-order valence-electron chi connectivity index (χ2n) is 8.17. The molecule has 4 rings (SSSR count). The van der Waals surface area contributed by atoms with Gasteiger partial charge >= 0.3 is 5.97 Å². The van der Waals surface area contributed by atoms with Crippen LogP contribution in [0.25, 0.3) is 0 Å². The first-order valence-corrected chi connectivity index (χ1v) is 12.1. The molecule has 3 aromatic rings. The zero-order valence-corrected chi connectivity index (χ0v) is 21.2. The summed E-state index contributed by atoms with van der Waals surface area (Å²) in [6.07, 6.45) is 1.53. The van der Waals surface area contributed by atoms with E-state index in [1.807, 2.05) is 12.1 Å². The van der Waals surface area contributed by atoms with Crippen LogP contribution < -0.4 is 15.0 Å². The third kappa shape index (κ3) is 5.92.